The highest BCUT2D eigenvalue weighted by molar-refractivity contribution is 7.89. The van der Waals surface area contributed by atoms with E-state index in [9.17, 15) is 13.2 Å². The van der Waals surface area contributed by atoms with Crippen LogP contribution in [0, 0.1) is 0 Å². The molecule has 2 aromatic rings. The van der Waals surface area contributed by atoms with Crippen LogP contribution in [-0.2, 0) is 14.8 Å². The predicted molar refractivity (Wildman–Crippen MR) is 96.6 cm³/mol. The second-order valence-electron chi connectivity index (χ2n) is 6.31. The molecule has 0 N–H and O–H groups in total. The van der Waals surface area contributed by atoms with Crippen molar-refractivity contribution in [3.8, 4) is 5.75 Å². The summed E-state index contributed by atoms with van der Waals surface area (Å²) in [4.78, 5) is 12.4. The van der Waals surface area contributed by atoms with E-state index >= 15 is 0 Å². The first-order valence-corrected chi connectivity index (χ1v) is 9.83. The van der Waals surface area contributed by atoms with Gasteiger partial charge in [-0.15, -0.1) is 0 Å². The van der Waals surface area contributed by atoms with Crippen molar-refractivity contribution in [2.24, 2.45) is 0 Å². The molecular weight excluding hydrogens is 354 g/mol. The van der Waals surface area contributed by atoms with Gasteiger partial charge in [0.15, 0.2) is 0 Å². The number of ether oxygens (including phenoxy) is 2. The fraction of sp³-hybridized carbons (Fsp3) is 0.316. The quantitative estimate of drug-likeness (QED) is 0.607. The fourth-order valence-electron chi connectivity index (χ4n) is 2.91. The Balaban J connectivity index is 1.83. The van der Waals surface area contributed by atoms with Crippen molar-refractivity contribution >= 4 is 16.0 Å². The van der Waals surface area contributed by atoms with Gasteiger partial charge in [-0.25, -0.2) is 13.2 Å². The third kappa shape index (κ3) is 4.12. The van der Waals surface area contributed by atoms with Crippen molar-refractivity contribution in [1.29, 1.82) is 0 Å². The molecule has 0 amide bonds. The molecule has 0 unspecified atom stereocenters. The Morgan fingerprint density at radius 1 is 1.04 bits per heavy atom. The lowest BCUT2D eigenvalue weighted by atomic mass is 10.2. The summed E-state index contributed by atoms with van der Waals surface area (Å²) >= 11 is 0. The van der Waals surface area contributed by atoms with Gasteiger partial charge < -0.3 is 9.47 Å². The lowest BCUT2D eigenvalue weighted by molar-refractivity contribution is -0.0440. The zero-order valence-electron chi connectivity index (χ0n) is 14.7. The van der Waals surface area contributed by atoms with Crippen LogP contribution in [0.25, 0.3) is 0 Å². The maximum absolute atomic E-state index is 12.9. The van der Waals surface area contributed by atoms with Crippen molar-refractivity contribution in [1.82, 2.24) is 4.31 Å². The maximum atomic E-state index is 12.9. The Morgan fingerprint density at radius 2 is 1.69 bits per heavy atom. The van der Waals surface area contributed by atoms with Gasteiger partial charge in [0, 0.05) is 13.1 Å². The van der Waals surface area contributed by atoms with E-state index in [1.165, 1.54) is 22.5 Å². The fourth-order valence-corrected chi connectivity index (χ4v) is 4.55. The molecule has 3 rings (SSSR count). The second-order valence-corrected chi connectivity index (χ2v) is 8.25. The van der Waals surface area contributed by atoms with Gasteiger partial charge in [0.25, 0.3) is 0 Å². The molecule has 0 bridgehead atoms. The smallest absolute Gasteiger partial charge is 0.343 e. The maximum Gasteiger partial charge on any atom is 0.343 e. The van der Waals surface area contributed by atoms with Crippen LogP contribution < -0.4 is 4.74 Å². The van der Waals surface area contributed by atoms with Crippen LogP contribution >= 0.6 is 0 Å². The van der Waals surface area contributed by atoms with E-state index in [-0.39, 0.29) is 35.8 Å². The summed E-state index contributed by atoms with van der Waals surface area (Å²) in [5.41, 5.74) is 0.185. The monoisotopic (exact) mass is 375 g/mol. The molecule has 0 spiro atoms. The highest BCUT2D eigenvalue weighted by Gasteiger charge is 2.32. The number of hydrogen-bond donors (Lipinski definition) is 0. The third-order valence-corrected chi connectivity index (χ3v) is 5.88. The largest absolute Gasteiger partial charge is 0.423 e. The van der Waals surface area contributed by atoms with E-state index in [0.717, 1.165) is 0 Å². The molecule has 1 aliphatic rings. The minimum atomic E-state index is -3.71. The highest BCUT2D eigenvalue weighted by Crippen LogP contribution is 2.22. The van der Waals surface area contributed by atoms with Gasteiger partial charge in [-0.1, -0.05) is 24.3 Å². The summed E-state index contributed by atoms with van der Waals surface area (Å²) in [6, 6.07) is 14.6. The minimum Gasteiger partial charge on any atom is -0.423 e. The number of carbonyl (C=O) groups is 1. The second kappa shape index (κ2) is 7.57. The van der Waals surface area contributed by atoms with Gasteiger partial charge in [-0.05, 0) is 44.2 Å². The van der Waals surface area contributed by atoms with Crippen LogP contribution in [0.4, 0.5) is 0 Å². The number of hydrogen-bond acceptors (Lipinski definition) is 5. The van der Waals surface area contributed by atoms with E-state index in [1.807, 2.05) is 19.9 Å². The molecule has 2 aromatic carbocycles. The van der Waals surface area contributed by atoms with Crippen molar-refractivity contribution in [3.63, 3.8) is 0 Å². The molecule has 1 heterocycles. The van der Waals surface area contributed by atoms with Gasteiger partial charge in [-0.2, -0.15) is 4.31 Å². The summed E-state index contributed by atoms with van der Waals surface area (Å²) in [5.74, 6) is -0.196. The number of rotatable bonds is 4. The normalized spacial score (nSPS) is 21.3. The van der Waals surface area contributed by atoms with Gasteiger partial charge in [0.1, 0.15) is 5.75 Å². The van der Waals surface area contributed by atoms with Crippen LogP contribution in [0.15, 0.2) is 59.5 Å². The van der Waals surface area contributed by atoms with Gasteiger partial charge in [0.05, 0.1) is 22.7 Å². The van der Waals surface area contributed by atoms with Gasteiger partial charge in [0.2, 0.25) is 10.0 Å². The summed E-state index contributed by atoms with van der Waals surface area (Å²) in [5, 5.41) is 0. The first-order valence-electron chi connectivity index (χ1n) is 8.39. The molecule has 26 heavy (non-hydrogen) atoms. The molecule has 0 radical (unpaired) electrons. The number of morpholine rings is 1. The summed E-state index contributed by atoms with van der Waals surface area (Å²) in [6.07, 6.45) is -0.362. The summed E-state index contributed by atoms with van der Waals surface area (Å²) in [6.45, 7) is 4.24. The number of benzene rings is 2. The summed E-state index contributed by atoms with van der Waals surface area (Å²) < 4.78 is 38.1. The molecule has 1 fully saturated rings. The van der Waals surface area contributed by atoms with Crippen LogP contribution in [0.1, 0.15) is 24.2 Å². The van der Waals surface area contributed by atoms with Crippen molar-refractivity contribution < 1.29 is 22.7 Å². The van der Waals surface area contributed by atoms with Crippen LogP contribution in [0.5, 0.6) is 5.75 Å². The first kappa shape index (κ1) is 18.6. The Hall–Kier alpha value is -2.22. The zero-order valence-corrected chi connectivity index (χ0v) is 15.5. The number of esters is 1. The predicted octanol–water partition coefficient (Wildman–Crippen LogP) is 2.70. The number of para-hydroxylation sites is 1. The van der Waals surface area contributed by atoms with E-state index < -0.39 is 16.0 Å². The molecule has 7 heteroatoms. The average molecular weight is 375 g/mol. The minimum absolute atomic E-state index is 0.0707. The molecule has 0 aliphatic carbocycles. The van der Waals surface area contributed by atoms with E-state index in [4.69, 9.17) is 9.47 Å². The molecule has 138 valence electrons. The third-order valence-electron chi connectivity index (χ3n) is 4.05. The zero-order chi connectivity index (χ0) is 18.7. The SMILES string of the molecule is C[C@@H]1CN(S(=O)(=O)c2cccc(C(=O)Oc3ccccc3)c2)C[C@H](C)O1. The summed E-state index contributed by atoms with van der Waals surface area (Å²) in [7, 11) is -3.71. The molecular formula is C19H21NO5S. The number of sulfonamides is 1. The molecule has 1 saturated heterocycles. The lowest BCUT2D eigenvalue weighted by Gasteiger charge is -2.34. The Morgan fingerprint density at radius 3 is 2.35 bits per heavy atom. The standard InChI is InChI=1S/C19H21NO5S/c1-14-12-20(13-15(2)24-14)26(22,23)18-10-6-7-16(11-18)19(21)25-17-8-4-3-5-9-17/h3-11,14-15H,12-13H2,1-2H3/t14-,15+. The van der Waals surface area contributed by atoms with Crippen molar-refractivity contribution in [2.75, 3.05) is 13.1 Å². The highest BCUT2D eigenvalue weighted by atomic mass is 32.2. The van der Waals surface area contributed by atoms with Crippen LogP contribution in [-0.4, -0.2) is 44.0 Å². The average Bonchev–Trinajstić information content (AvgIpc) is 2.62. The molecule has 0 saturated carbocycles. The number of nitrogens with zero attached hydrogens (tertiary/aromatic N) is 1. The van der Waals surface area contributed by atoms with Gasteiger partial charge >= 0.3 is 5.97 Å². The van der Waals surface area contributed by atoms with Crippen LogP contribution in [0.3, 0.4) is 0 Å². The molecule has 1 aliphatic heterocycles. The van der Waals surface area contributed by atoms with Crippen LogP contribution in [0.2, 0.25) is 0 Å². The Labute approximate surface area is 153 Å². The van der Waals surface area contributed by atoms with Crippen molar-refractivity contribution in [3.05, 3.63) is 60.2 Å². The topological polar surface area (TPSA) is 72.9 Å². The first-order chi connectivity index (χ1) is 12.4. The Kier molecular flexibility index (Phi) is 5.41. The van der Waals surface area contributed by atoms with E-state index in [2.05, 4.69) is 0 Å². The van der Waals surface area contributed by atoms with E-state index in [0.29, 0.717) is 5.75 Å². The molecule has 0 aromatic heterocycles. The molecule has 6 nitrogen and oxygen atoms in total. The Bertz CT molecular complexity index is 872. The van der Waals surface area contributed by atoms with Crippen molar-refractivity contribution in [2.45, 2.75) is 31.0 Å². The van der Waals surface area contributed by atoms with E-state index in [1.54, 1.807) is 30.3 Å². The van der Waals surface area contributed by atoms with Gasteiger partial charge in [-0.3, -0.25) is 0 Å². The molecule has 2 atom stereocenters. The number of carbonyl (C=O) groups excluding carboxylic acids is 1. The lowest BCUT2D eigenvalue weighted by Crippen LogP contribution is -2.48.